The van der Waals surface area contributed by atoms with Crippen molar-refractivity contribution in [2.24, 2.45) is 4.99 Å². The second-order valence-corrected chi connectivity index (χ2v) is 8.49. The Morgan fingerprint density at radius 3 is 2.72 bits per heavy atom. The summed E-state index contributed by atoms with van der Waals surface area (Å²) >= 11 is 1.51. The number of hydrogen-bond donors (Lipinski definition) is 1. The van der Waals surface area contributed by atoms with Gasteiger partial charge in [0.25, 0.3) is 5.91 Å². The molecule has 8 heteroatoms. The van der Waals surface area contributed by atoms with Gasteiger partial charge in [0.15, 0.2) is 0 Å². The lowest BCUT2D eigenvalue weighted by Gasteiger charge is -2.34. The molecule has 1 aliphatic carbocycles. The van der Waals surface area contributed by atoms with E-state index in [0.29, 0.717) is 17.4 Å². The van der Waals surface area contributed by atoms with Crippen molar-refractivity contribution < 1.29 is 4.79 Å². The van der Waals surface area contributed by atoms with Crippen molar-refractivity contribution in [3.05, 3.63) is 48.1 Å². The number of hydrogen-bond acceptors (Lipinski definition) is 6. The number of aliphatic imine (C=N–C) groups is 1. The van der Waals surface area contributed by atoms with Gasteiger partial charge in [-0.2, -0.15) is 0 Å². The zero-order valence-electron chi connectivity index (χ0n) is 17.1. The summed E-state index contributed by atoms with van der Waals surface area (Å²) in [6, 6.07) is 1.84. The highest BCUT2D eigenvalue weighted by Crippen LogP contribution is 2.40. The highest BCUT2D eigenvalue weighted by atomic mass is 32.2. The van der Waals surface area contributed by atoms with Gasteiger partial charge in [-0.05, 0) is 45.4 Å². The Morgan fingerprint density at radius 2 is 2.10 bits per heavy atom. The summed E-state index contributed by atoms with van der Waals surface area (Å²) in [5, 5.41) is 3.56. The lowest BCUT2D eigenvalue weighted by atomic mass is 10.1. The van der Waals surface area contributed by atoms with E-state index in [1.807, 2.05) is 26.2 Å². The molecule has 152 valence electrons. The molecule has 1 N–H and O–H groups in total. The average Bonchev–Trinajstić information content (AvgIpc) is 3.43. The molecule has 2 aliphatic rings. The fourth-order valence-corrected chi connectivity index (χ4v) is 3.53. The number of aryl methyl sites for hydroxylation is 1. The zero-order valence-corrected chi connectivity index (χ0v) is 17.9. The molecule has 29 heavy (non-hydrogen) atoms. The van der Waals surface area contributed by atoms with E-state index >= 15 is 0 Å². The van der Waals surface area contributed by atoms with Crippen LogP contribution in [0.4, 0.5) is 5.69 Å². The summed E-state index contributed by atoms with van der Waals surface area (Å²) in [5.41, 5.74) is 3.44. The lowest BCUT2D eigenvalue weighted by Crippen LogP contribution is -2.38. The summed E-state index contributed by atoms with van der Waals surface area (Å²) in [7, 11) is 0. The fourth-order valence-electron chi connectivity index (χ4n) is 3.33. The third kappa shape index (κ3) is 4.22. The van der Waals surface area contributed by atoms with Gasteiger partial charge in [0.2, 0.25) is 0 Å². The Labute approximate surface area is 175 Å². The van der Waals surface area contributed by atoms with Crippen molar-refractivity contribution in [1.29, 1.82) is 0 Å². The van der Waals surface area contributed by atoms with E-state index < -0.39 is 0 Å². The highest BCUT2D eigenvalue weighted by Gasteiger charge is 2.28. The van der Waals surface area contributed by atoms with Crippen molar-refractivity contribution >= 4 is 28.4 Å². The van der Waals surface area contributed by atoms with Gasteiger partial charge in [-0.1, -0.05) is 6.58 Å². The van der Waals surface area contributed by atoms with Crippen LogP contribution in [-0.4, -0.2) is 44.8 Å². The molecule has 3 heterocycles. The normalized spacial score (nSPS) is 16.5. The Morgan fingerprint density at radius 1 is 1.34 bits per heavy atom. The molecule has 0 radical (unpaired) electrons. The third-order valence-electron chi connectivity index (χ3n) is 5.29. The van der Waals surface area contributed by atoms with Crippen molar-refractivity contribution in [2.45, 2.75) is 39.0 Å². The summed E-state index contributed by atoms with van der Waals surface area (Å²) in [5.74, 6) is 1.50. The Balaban J connectivity index is 1.66. The molecule has 0 unspecified atom stereocenters. The first kappa shape index (κ1) is 19.7. The molecule has 2 fully saturated rings. The van der Waals surface area contributed by atoms with Crippen LogP contribution in [0.1, 0.15) is 54.1 Å². The van der Waals surface area contributed by atoms with Gasteiger partial charge < -0.3 is 14.8 Å². The number of nitrogens with zero attached hydrogens (tertiary/aromatic N) is 5. The maximum absolute atomic E-state index is 12.7. The Hall–Kier alpha value is -2.61. The van der Waals surface area contributed by atoms with Crippen molar-refractivity contribution in [3.8, 4) is 5.69 Å². The first-order chi connectivity index (χ1) is 14.0. The molecule has 1 saturated heterocycles. The number of pyridine rings is 1. The lowest BCUT2D eigenvalue weighted by molar-refractivity contribution is 0.0961. The largest absolute Gasteiger partial charge is 0.368 e. The first-order valence-corrected chi connectivity index (χ1v) is 11.1. The Kier molecular flexibility index (Phi) is 5.45. The predicted molar refractivity (Wildman–Crippen MR) is 118 cm³/mol. The topological polar surface area (TPSA) is 75.4 Å². The van der Waals surface area contributed by atoms with Crippen LogP contribution in [0.2, 0.25) is 0 Å². The number of imidazole rings is 1. The van der Waals surface area contributed by atoms with Crippen LogP contribution in [0.5, 0.6) is 0 Å². The molecule has 0 bridgehead atoms. The molecule has 0 atom stereocenters. The van der Waals surface area contributed by atoms with Gasteiger partial charge in [0, 0.05) is 25.2 Å². The molecule has 4 rings (SSSR count). The van der Waals surface area contributed by atoms with Crippen LogP contribution in [0.15, 0.2) is 35.9 Å². The molecular weight excluding hydrogens is 384 g/mol. The van der Waals surface area contributed by atoms with Crippen LogP contribution in [0.3, 0.4) is 0 Å². The van der Waals surface area contributed by atoms with Gasteiger partial charge >= 0.3 is 0 Å². The number of anilines is 1. The maximum atomic E-state index is 12.7. The molecule has 1 aliphatic heterocycles. The molecular formula is C21H26N6OS. The van der Waals surface area contributed by atoms with E-state index in [1.165, 1.54) is 31.0 Å². The number of thioether (sulfide) groups is 1. The molecule has 0 spiro atoms. The minimum Gasteiger partial charge on any atom is -0.368 e. The van der Waals surface area contributed by atoms with E-state index in [9.17, 15) is 4.79 Å². The van der Waals surface area contributed by atoms with Crippen LogP contribution < -0.4 is 10.2 Å². The van der Waals surface area contributed by atoms with Gasteiger partial charge in [-0.25, -0.2) is 15.0 Å². The number of nitrogens with one attached hydrogen (secondary N) is 1. The number of carbonyl (C=O) groups is 1. The predicted octanol–water partition coefficient (Wildman–Crippen LogP) is 3.65. The van der Waals surface area contributed by atoms with Crippen LogP contribution in [-0.2, 0) is 0 Å². The van der Waals surface area contributed by atoms with E-state index in [4.69, 9.17) is 4.98 Å². The van der Waals surface area contributed by atoms with Gasteiger partial charge in [0.05, 0.1) is 28.3 Å². The fraction of sp³-hybridized carbons (Fsp3) is 0.429. The van der Waals surface area contributed by atoms with E-state index in [0.717, 1.165) is 41.0 Å². The summed E-state index contributed by atoms with van der Waals surface area (Å²) in [6.45, 7) is 9.70. The minimum absolute atomic E-state index is 0.312. The Bertz CT molecular complexity index is 987. The number of carbonyl (C=O) groups excluding carboxylic acids is 1. The SMILES string of the molecule is C=C(/N=C(/C)SC)NC(=O)c1cc(-n2cc(C3CC3)nc2C)c(N2CCC2)cn1. The second kappa shape index (κ2) is 8.02. The molecule has 1 amide bonds. The van der Waals surface area contributed by atoms with Crippen LogP contribution >= 0.6 is 11.8 Å². The van der Waals surface area contributed by atoms with Crippen molar-refractivity contribution in [3.63, 3.8) is 0 Å². The van der Waals surface area contributed by atoms with Gasteiger partial charge in [0.1, 0.15) is 17.3 Å². The summed E-state index contributed by atoms with van der Waals surface area (Å²) in [4.78, 5) is 28.4. The average molecular weight is 411 g/mol. The quantitative estimate of drug-likeness (QED) is 0.581. The van der Waals surface area contributed by atoms with E-state index in [-0.39, 0.29) is 5.91 Å². The van der Waals surface area contributed by atoms with Crippen LogP contribution in [0.25, 0.3) is 5.69 Å². The zero-order chi connectivity index (χ0) is 20.5. The summed E-state index contributed by atoms with van der Waals surface area (Å²) in [6.07, 6.45) is 9.41. The van der Waals surface area contributed by atoms with Gasteiger partial charge in [-0.3, -0.25) is 4.79 Å². The highest BCUT2D eigenvalue weighted by molar-refractivity contribution is 8.13. The second-order valence-electron chi connectivity index (χ2n) is 7.49. The molecule has 7 nitrogen and oxygen atoms in total. The number of amides is 1. The molecule has 2 aromatic heterocycles. The van der Waals surface area contributed by atoms with Gasteiger partial charge in [-0.15, -0.1) is 11.8 Å². The number of aromatic nitrogens is 3. The van der Waals surface area contributed by atoms with Crippen molar-refractivity contribution in [2.75, 3.05) is 24.2 Å². The first-order valence-electron chi connectivity index (χ1n) is 9.87. The smallest absolute Gasteiger partial charge is 0.275 e. The molecule has 0 aromatic carbocycles. The van der Waals surface area contributed by atoms with Crippen molar-refractivity contribution in [1.82, 2.24) is 19.9 Å². The molecule has 2 aromatic rings. The maximum Gasteiger partial charge on any atom is 0.275 e. The standard InChI is InChI=1S/C21H26N6OS/c1-13(23-15(3)29-4)24-21(28)17-10-19(20(11-22-17)26-8-5-9-26)27-12-18(16-6-7-16)25-14(27)2/h10-12,16H,1,5-9H2,2-4H3,(H,24,28)/b23-15-. The monoisotopic (exact) mass is 410 g/mol. The summed E-state index contributed by atoms with van der Waals surface area (Å²) < 4.78 is 2.09. The number of rotatable bonds is 6. The molecule has 1 saturated carbocycles. The minimum atomic E-state index is -0.316. The third-order valence-corrected chi connectivity index (χ3v) is 5.98. The van der Waals surface area contributed by atoms with E-state index in [2.05, 4.69) is 37.5 Å². The van der Waals surface area contributed by atoms with Crippen LogP contribution in [0, 0.1) is 6.92 Å². The van der Waals surface area contributed by atoms with E-state index in [1.54, 1.807) is 6.20 Å².